The van der Waals surface area contributed by atoms with Crippen LogP contribution in [0.3, 0.4) is 0 Å². The second-order valence-electron chi connectivity index (χ2n) is 15.0. The van der Waals surface area contributed by atoms with Gasteiger partial charge >= 0.3 is 0 Å². The van der Waals surface area contributed by atoms with Gasteiger partial charge in [-0.25, -0.2) is 0 Å². The molecule has 2 atom stereocenters. The molecule has 4 saturated carbocycles. The highest BCUT2D eigenvalue weighted by atomic mass is 15.1. The minimum absolute atomic E-state index is 0.324. The third kappa shape index (κ3) is 3.53. The maximum absolute atomic E-state index is 2.64. The zero-order valence-electron chi connectivity index (χ0n) is 26.3. The van der Waals surface area contributed by atoms with Gasteiger partial charge in [0.25, 0.3) is 0 Å². The number of nitrogens with zero attached hydrogens (tertiary/aromatic N) is 1. The van der Waals surface area contributed by atoms with Crippen molar-refractivity contribution in [3.8, 4) is 0 Å². The van der Waals surface area contributed by atoms with E-state index in [1.807, 2.05) is 0 Å². The summed E-state index contributed by atoms with van der Waals surface area (Å²) in [5.74, 6) is 4.42. The second-order valence-corrected chi connectivity index (χ2v) is 15.0. The van der Waals surface area contributed by atoms with Gasteiger partial charge in [0.05, 0.1) is 5.69 Å². The van der Waals surface area contributed by atoms with Crippen LogP contribution in [0.15, 0.2) is 115 Å². The first kappa shape index (κ1) is 26.6. The summed E-state index contributed by atoms with van der Waals surface area (Å²) in [5, 5.41) is 2.63. The van der Waals surface area contributed by atoms with Gasteiger partial charge in [-0.2, -0.15) is 0 Å². The number of fused-ring (bicyclic) bond motifs is 4. The molecule has 5 aliphatic rings. The van der Waals surface area contributed by atoms with Crippen LogP contribution >= 0.6 is 0 Å². The van der Waals surface area contributed by atoms with Gasteiger partial charge in [0, 0.05) is 29.0 Å². The minimum atomic E-state index is -0.335. The zero-order valence-corrected chi connectivity index (χ0v) is 26.3. The van der Waals surface area contributed by atoms with Crippen LogP contribution in [0.1, 0.15) is 79.7 Å². The smallest absolute Gasteiger partial charge is 0.0529 e. The van der Waals surface area contributed by atoms with E-state index in [0.717, 1.165) is 23.7 Å². The van der Waals surface area contributed by atoms with Crippen molar-refractivity contribution in [2.24, 2.45) is 23.7 Å². The molecule has 1 heteroatoms. The second kappa shape index (κ2) is 9.58. The first-order valence-corrected chi connectivity index (χ1v) is 17.0. The van der Waals surface area contributed by atoms with E-state index in [1.54, 1.807) is 5.56 Å². The van der Waals surface area contributed by atoms with Crippen LogP contribution in [0, 0.1) is 23.7 Å². The van der Waals surface area contributed by atoms with Crippen molar-refractivity contribution in [2.75, 3.05) is 11.9 Å². The fourth-order valence-electron chi connectivity index (χ4n) is 11.0. The molecular formula is C43H43N. The van der Waals surface area contributed by atoms with Crippen molar-refractivity contribution in [2.45, 2.75) is 62.7 Å². The third-order valence-corrected chi connectivity index (χ3v) is 13.0. The third-order valence-electron chi connectivity index (χ3n) is 13.0. The molecule has 0 amide bonds. The summed E-state index contributed by atoms with van der Waals surface area (Å²) >= 11 is 0. The highest BCUT2D eigenvalue weighted by molar-refractivity contribution is 6.00. The SMILES string of the molecule is CN1c2cc(C3C4CC5CC(C4)CC3C5)ccc2C(C)(c2ccccc2)C(C)(c2ccccc2)c2ccc3ccccc3c21. The lowest BCUT2D eigenvalue weighted by Gasteiger charge is -2.55. The zero-order chi connectivity index (χ0) is 29.6. The largest absolute Gasteiger partial charge is 0.344 e. The molecule has 220 valence electrons. The molecule has 4 bridgehead atoms. The summed E-state index contributed by atoms with van der Waals surface area (Å²) in [6.07, 6.45) is 7.31. The van der Waals surface area contributed by atoms with Crippen molar-refractivity contribution in [3.63, 3.8) is 0 Å². The molecule has 0 radical (unpaired) electrons. The fourth-order valence-corrected chi connectivity index (χ4v) is 11.0. The van der Waals surface area contributed by atoms with Gasteiger partial charge in [0.1, 0.15) is 0 Å². The van der Waals surface area contributed by atoms with Crippen LogP contribution in [0.2, 0.25) is 0 Å². The van der Waals surface area contributed by atoms with Gasteiger partial charge < -0.3 is 4.90 Å². The lowest BCUT2D eigenvalue weighted by molar-refractivity contribution is -0.00277. The summed E-state index contributed by atoms with van der Waals surface area (Å²) in [4.78, 5) is 2.57. The average molecular weight is 574 g/mol. The molecule has 0 N–H and O–H groups in total. The van der Waals surface area contributed by atoms with E-state index >= 15 is 0 Å². The van der Waals surface area contributed by atoms with Crippen LogP contribution in [0.25, 0.3) is 10.8 Å². The van der Waals surface area contributed by atoms with Gasteiger partial charge in [-0.15, -0.1) is 0 Å². The van der Waals surface area contributed by atoms with E-state index in [-0.39, 0.29) is 10.8 Å². The van der Waals surface area contributed by atoms with Crippen molar-refractivity contribution < 1.29 is 0 Å². The molecule has 44 heavy (non-hydrogen) atoms. The fraction of sp³-hybridized carbons (Fsp3) is 0.349. The Morgan fingerprint density at radius 3 is 1.75 bits per heavy atom. The molecule has 2 unspecified atom stereocenters. The monoisotopic (exact) mass is 573 g/mol. The first-order valence-electron chi connectivity index (χ1n) is 17.0. The Hall–Kier alpha value is -3.84. The molecular weight excluding hydrogens is 530 g/mol. The molecule has 1 heterocycles. The molecule has 10 rings (SSSR count). The highest BCUT2D eigenvalue weighted by Crippen LogP contribution is 2.63. The maximum atomic E-state index is 2.64. The van der Waals surface area contributed by atoms with Crippen molar-refractivity contribution >= 4 is 22.1 Å². The average Bonchev–Trinajstić information content (AvgIpc) is 3.12. The lowest BCUT2D eigenvalue weighted by Crippen LogP contribution is -2.46. The molecule has 1 aliphatic heterocycles. The van der Waals surface area contributed by atoms with Crippen LogP contribution < -0.4 is 4.90 Å². The van der Waals surface area contributed by atoms with Gasteiger partial charge in [-0.1, -0.05) is 123 Å². The van der Waals surface area contributed by atoms with Gasteiger partial charge in [-0.3, -0.25) is 0 Å². The van der Waals surface area contributed by atoms with Crippen LogP contribution in [0.5, 0.6) is 0 Å². The topological polar surface area (TPSA) is 3.24 Å². The Kier molecular flexibility index (Phi) is 5.78. The molecule has 4 aliphatic carbocycles. The molecule has 5 aromatic rings. The van der Waals surface area contributed by atoms with E-state index in [0.29, 0.717) is 5.92 Å². The molecule has 0 spiro atoms. The Morgan fingerprint density at radius 2 is 1.11 bits per heavy atom. The summed E-state index contributed by atoms with van der Waals surface area (Å²) < 4.78 is 0. The Bertz CT molecular complexity index is 1840. The molecule has 0 aromatic heterocycles. The molecule has 0 saturated heterocycles. The Morgan fingerprint density at radius 1 is 0.568 bits per heavy atom. The summed E-state index contributed by atoms with van der Waals surface area (Å²) in [6, 6.07) is 44.2. The highest BCUT2D eigenvalue weighted by Gasteiger charge is 2.54. The number of hydrogen-bond donors (Lipinski definition) is 0. The van der Waals surface area contributed by atoms with E-state index in [4.69, 9.17) is 0 Å². The number of anilines is 2. The number of hydrogen-bond acceptors (Lipinski definition) is 1. The van der Waals surface area contributed by atoms with Crippen LogP contribution in [-0.4, -0.2) is 7.05 Å². The van der Waals surface area contributed by atoms with Crippen molar-refractivity contribution in [3.05, 3.63) is 143 Å². The maximum Gasteiger partial charge on any atom is 0.0529 e. The Balaban J connectivity index is 1.36. The van der Waals surface area contributed by atoms with Crippen LogP contribution in [-0.2, 0) is 10.8 Å². The number of rotatable bonds is 3. The van der Waals surface area contributed by atoms with Crippen molar-refractivity contribution in [1.82, 2.24) is 0 Å². The van der Waals surface area contributed by atoms with Gasteiger partial charge in [-0.05, 0) is 101 Å². The van der Waals surface area contributed by atoms with Gasteiger partial charge in [0.15, 0.2) is 0 Å². The normalized spacial score (nSPS) is 31.9. The Labute approximate surface area is 262 Å². The quantitative estimate of drug-likeness (QED) is 0.207. The lowest BCUT2D eigenvalue weighted by atomic mass is 9.50. The van der Waals surface area contributed by atoms with Crippen molar-refractivity contribution in [1.29, 1.82) is 0 Å². The van der Waals surface area contributed by atoms with Gasteiger partial charge in [0.2, 0.25) is 0 Å². The molecule has 1 nitrogen and oxygen atoms in total. The van der Waals surface area contributed by atoms with E-state index in [2.05, 4.69) is 141 Å². The molecule has 5 aromatic carbocycles. The first-order chi connectivity index (χ1) is 21.5. The van der Waals surface area contributed by atoms with E-state index in [1.165, 1.54) is 76.5 Å². The summed E-state index contributed by atoms with van der Waals surface area (Å²) in [6.45, 7) is 5.03. The van der Waals surface area contributed by atoms with E-state index in [9.17, 15) is 0 Å². The number of benzene rings is 5. The van der Waals surface area contributed by atoms with Crippen LogP contribution in [0.4, 0.5) is 11.4 Å². The van der Waals surface area contributed by atoms with E-state index < -0.39 is 0 Å². The predicted molar refractivity (Wildman–Crippen MR) is 184 cm³/mol. The minimum Gasteiger partial charge on any atom is -0.344 e. The summed E-state index contributed by atoms with van der Waals surface area (Å²) in [5.41, 5.74) is 9.18. The standard InChI is InChI=1S/C43H43N/c1-42(34-13-6-4-7-14-34)37-20-19-31(40-32-23-28-22-29(25-32)26-33(40)24-28)27-39(37)44(3)41-36-17-11-10-12-30(36)18-21-38(41)43(42,2)35-15-8-5-9-16-35/h4-21,27-29,32-33,40H,22-26H2,1-3H3. The molecule has 4 fully saturated rings. The summed E-state index contributed by atoms with van der Waals surface area (Å²) in [7, 11) is 2.34. The predicted octanol–water partition coefficient (Wildman–Crippen LogP) is 10.8.